The van der Waals surface area contributed by atoms with Gasteiger partial charge in [-0.1, -0.05) is 5.16 Å². The number of nitrogens with zero attached hydrogens (tertiary/aromatic N) is 3. The molecule has 0 aliphatic rings. The summed E-state index contributed by atoms with van der Waals surface area (Å²) < 4.78 is 7.15. The minimum Gasteiger partial charge on any atom is -0.478 e. The maximum atomic E-state index is 11.0. The quantitative estimate of drug-likeness (QED) is 0.609. The van der Waals surface area contributed by atoms with Gasteiger partial charge in [-0.15, -0.1) is 0 Å². The summed E-state index contributed by atoms with van der Waals surface area (Å²) in [5.41, 5.74) is 3.71. The number of hydrogen-bond donors (Lipinski definition) is 1. The van der Waals surface area contributed by atoms with Crippen LogP contribution in [0.1, 0.15) is 21.6 Å². The number of fused-ring (bicyclic) bond motifs is 3. The van der Waals surface area contributed by atoms with Gasteiger partial charge in [0, 0.05) is 17.3 Å². The van der Waals surface area contributed by atoms with Crippen molar-refractivity contribution in [3.05, 3.63) is 59.4 Å². The van der Waals surface area contributed by atoms with Crippen LogP contribution in [-0.4, -0.2) is 20.8 Å². The largest absolute Gasteiger partial charge is 0.478 e. The van der Waals surface area contributed by atoms with Crippen molar-refractivity contribution in [2.24, 2.45) is 0 Å². The van der Waals surface area contributed by atoms with Crippen molar-refractivity contribution in [3.63, 3.8) is 0 Å². The molecule has 116 valence electrons. The summed E-state index contributed by atoms with van der Waals surface area (Å²) in [6.45, 7) is 1.84. The SMILES string of the molecule is Cc1noc2ccc3c(c(C#N)cn3-c3ccc(C(=O)O)cc3)c12. The van der Waals surface area contributed by atoms with Crippen molar-refractivity contribution >= 4 is 27.8 Å². The van der Waals surface area contributed by atoms with Crippen LogP contribution in [-0.2, 0) is 0 Å². The molecule has 0 bridgehead atoms. The van der Waals surface area contributed by atoms with Gasteiger partial charge in [-0.05, 0) is 43.3 Å². The molecule has 0 amide bonds. The highest BCUT2D eigenvalue weighted by Gasteiger charge is 2.17. The van der Waals surface area contributed by atoms with Gasteiger partial charge in [-0.25, -0.2) is 4.79 Å². The molecule has 4 rings (SSSR count). The summed E-state index contributed by atoms with van der Waals surface area (Å²) >= 11 is 0. The minimum atomic E-state index is -0.974. The molecule has 6 nitrogen and oxygen atoms in total. The van der Waals surface area contributed by atoms with Gasteiger partial charge in [0.05, 0.1) is 27.7 Å². The first-order valence-electron chi connectivity index (χ1n) is 7.24. The number of aromatic carboxylic acids is 1. The zero-order valence-corrected chi connectivity index (χ0v) is 12.6. The molecule has 0 saturated carbocycles. The van der Waals surface area contributed by atoms with Crippen LogP contribution >= 0.6 is 0 Å². The summed E-state index contributed by atoms with van der Waals surface area (Å²) in [6.07, 6.45) is 1.74. The molecule has 0 aliphatic heterocycles. The van der Waals surface area contributed by atoms with Crippen molar-refractivity contribution in [1.82, 2.24) is 9.72 Å². The van der Waals surface area contributed by atoms with Crippen molar-refractivity contribution < 1.29 is 14.4 Å². The molecule has 0 aliphatic carbocycles. The summed E-state index contributed by atoms with van der Waals surface area (Å²) in [4.78, 5) is 11.0. The lowest BCUT2D eigenvalue weighted by atomic mass is 10.1. The van der Waals surface area contributed by atoms with Gasteiger partial charge in [-0.2, -0.15) is 5.26 Å². The van der Waals surface area contributed by atoms with E-state index in [1.807, 2.05) is 23.6 Å². The maximum Gasteiger partial charge on any atom is 0.335 e. The van der Waals surface area contributed by atoms with E-state index >= 15 is 0 Å². The van der Waals surface area contributed by atoms with E-state index in [4.69, 9.17) is 9.63 Å². The molecule has 4 aromatic rings. The summed E-state index contributed by atoms with van der Waals surface area (Å²) in [7, 11) is 0. The van der Waals surface area contributed by atoms with Crippen molar-refractivity contribution in [3.8, 4) is 11.8 Å². The van der Waals surface area contributed by atoms with E-state index in [-0.39, 0.29) is 5.56 Å². The van der Waals surface area contributed by atoms with Crippen molar-refractivity contribution in [2.75, 3.05) is 0 Å². The highest BCUT2D eigenvalue weighted by Crippen LogP contribution is 2.33. The van der Waals surface area contributed by atoms with Crippen LogP contribution in [0, 0.1) is 18.3 Å². The first kappa shape index (κ1) is 14.0. The number of rotatable bonds is 2. The molecule has 6 heteroatoms. The van der Waals surface area contributed by atoms with Crippen LogP contribution in [0.5, 0.6) is 0 Å². The molecule has 2 aromatic heterocycles. The predicted octanol–water partition coefficient (Wildman–Crippen LogP) is 3.65. The van der Waals surface area contributed by atoms with Crippen LogP contribution in [0.3, 0.4) is 0 Å². The maximum absolute atomic E-state index is 11.0. The molecule has 1 N–H and O–H groups in total. The third-order valence-corrected chi connectivity index (χ3v) is 4.09. The summed E-state index contributed by atoms with van der Waals surface area (Å²) in [6, 6.07) is 12.4. The zero-order valence-electron chi connectivity index (χ0n) is 12.6. The highest BCUT2D eigenvalue weighted by molar-refractivity contribution is 6.09. The number of aryl methyl sites for hydroxylation is 1. The Morgan fingerprint density at radius 1 is 1.21 bits per heavy atom. The number of benzene rings is 2. The molecule has 0 saturated heterocycles. The molecule has 0 unspecified atom stereocenters. The Morgan fingerprint density at radius 3 is 2.62 bits per heavy atom. The second-order valence-electron chi connectivity index (χ2n) is 5.48. The second-order valence-corrected chi connectivity index (χ2v) is 5.48. The fraction of sp³-hybridized carbons (Fsp3) is 0.0556. The average Bonchev–Trinajstić information content (AvgIpc) is 3.15. The summed E-state index contributed by atoms with van der Waals surface area (Å²) in [5.74, 6) is -0.974. The molecule has 0 radical (unpaired) electrons. The first-order chi connectivity index (χ1) is 11.6. The van der Waals surface area contributed by atoms with Crippen molar-refractivity contribution in [1.29, 1.82) is 5.26 Å². The van der Waals surface area contributed by atoms with Crippen LogP contribution in [0.15, 0.2) is 47.1 Å². The van der Waals surface area contributed by atoms with Crippen LogP contribution in [0.2, 0.25) is 0 Å². The van der Waals surface area contributed by atoms with Gasteiger partial charge in [0.2, 0.25) is 0 Å². The number of carboxylic acids is 1. The lowest BCUT2D eigenvalue weighted by molar-refractivity contribution is 0.0697. The topological polar surface area (TPSA) is 92.0 Å². The van der Waals surface area contributed by atoms with Crippen LogP contribution in [0.25, 0.3) is 27.6 Å². The lowest BCUT2D eigenvalue weighted by Gasteiger charge is -2.06. The minimum absolute atomic E-state index is 0.216. The normalized spacial score (nSPS) is 11.0. The van der Waals surface area contributed by atoms with Gasteiger partial charge in [0.1, 0.15) is 6.07 Å². The number of carboxylic acid groups (broad SMARTS) is 1. The van der Waals surface area contributed by atoms with Gasteiger partial charge >= 0.3 is 5.97 Å². The van der Waals surface area contributed by atoms with E-state index in [9.17, 15) is 10.1 Å². The van der Waals surface area contributed by atoms with E-state index in [2.05, 4.69) is 11.2 Å². The number of hydrogen-bond acceptors (Lipinski definition) is 4. The van der Waals surface area contributed by atoms with Crippen LogP contribution in [0.4, 0.5) is 0 Å². The Bertz CT molecular complexity index is 1140. The van der Waals surface area contributed by atoms with Crippen molar-refractivity contribution in [2.45, 2.75) is 6.92 Å². The van der Waals surface area contributed by atoms with E-state index in [0.29, 0.717) is 11.1 Å². The van der Waals surface area contributed by atoms with Gasteiger partial charge < -0.3 is 14.2 Å². The van der Waals surface area contributed by atoms with E-state index < -0.39 is 5.97 Å². The van der Waals surface area contributed by atoms with E-state index in [1.54, 1.807) is 30.5 Å². The monoisotopic (exact) mass is 317 g/mol. The fourth-order valence-electron chi connectivity index (χ4n) is 2.97. The van der Waals surface area contributed by atoms with Crippen LogP contribution < -0.4 is 0 Å². The zero-order chi connectivity index (χ0) is 16.8. The van der Waals surface area contributed by atoms with Gasteiger partial charge in [-0.3, -0.25) is 0 Å². The average molecular weight is 317 g/mol. The third kappa shape index (κ3) is 1.88. The molecule has 0 fully saturated rings. The Morgan fingerprint density at radius 2 is 1.96 bits per heavy atom. The molecule has 2 aromatic carbocycles. The number of aromatic nitrogens is 2. The lowest BCUT2D eigenvalue weighted by Crippen LogP contribution is -1.97. The third-order valence-electron chi connectivity index (χ3n) is 4.09. The number of nitriles is 1. The molecule has 2 heterocycles. The first-order valence-corrected chi connectivity index (χ1v) is 7.24. The van der Waals surface area contributed by atoms with E-state index in [1.165, 1.54) is 0 Å². The summed E-state index contributed by atoms with van der Waals surface area (Å²) in [5, 5.41) is 24.1. The van der Waals surface area contributed by atoms with Gasteiger partial charge in [0.25, 0.3) is 0 Å². The van der Waals surface area contributed by atoms with Gasteiger partial charge in [0.15, 0.2) is 5.58 Å². The Labute approximate surface area is 136 Å². The molecule has 24 heavy (non-hydrogen) atoms. The Kier molecular flexibility index (Phi) is 2.90. The standard InChI is InChI=1S/C18H11N3O3/c1-10-16-15(24-20-10)7-6-14-17(16)12(8-19)9-21(14)13-4-2-11(3-5-13)18(22)23/h2-7,9H,1H3,(H,22,23). The highest BCUT2D eigenvalue weighted by atomic mass is 16.5. The number of carbonyl (C=O) groups is 1. The predicted molar refractivity (Wildman–Crippen MR) is 87.3 cm³/mol. The molecular formula is C18H11N3O3. The van der Waals surface area contributed by atoms with E-state index in [0.717, 1.165) is 27.7 Å². The molecule has 0 spiro atoms. The Balaban J connectivity index is 2.03. The molecule has 0 atom stereocenters. The smallest absolute Gasteiger partial charge is 0.335 e. The second kappa shape index (κ2) is 4.96. The molecular weight excluding hydrogens is 306 g/mol. The fourth-order valence-corrected chi connectivity index (χ4v) is 2.97. The Hall–Kier alpha value is -3.59.